The summed E-state index contributed by atoms with van der Waals surface area (Å²) < 4.78 is 48.6. The molecule has 0 bridgehead atoms. The van der Waals surface area contributed by atoms with Crippen molar-refractivity contribution in [2.24, 2.45) is 11.8 Å². The number of benzene rings is 1. The Hall–Kier alpha value is -2.70. The van der Waals surface area contributed by atoms with Gasteiger partial charge in [-0.3, -0.25) is 0 Å². The highest BCUT2D eigenvalue weighted by Crippen LogP contribution is 2.42. The van der Waals surface area contributed by atoms with Gasteiger partial charge in [0.15, 0.2) is 0 Å². The van der Waals surface area contributed by atoms with E-state index in [4.69, 9.17) is 9.84 Å². The summed E-state index contributed by atoms with van der Waals surface area (Å²) in [5, 5.41) is 4.83. The monoisotopic (exact) mass is 443 g/mol. The van der Waals surface area contributed by atoms with Gasteiger partial charge >= 0.3 is 6.18 Å². The van der Waals surface area contributed by atoms with Crippen molar-refractivity contribution in [3.05, 3.63) is 47.7 Å². The molecule has 5 rings (SSSR count). The fraction of sp³-hybridized carbons (Fsp3) is 0.480. The molecule has 4 nitrogen and oxygen atoms in total. The lowest BCUT2D eigenvalue weighted by atomic mass is 10.0. The fourth-order valence-electron chi connectivity index (χ4n) is 4.48. The highest BCUT2D eigenvalue weighted by atomic mass is 19.4. The number of hydrogen-bond acceptors (Lipinski definition) is 3. The van der Waals surface area contributed by atoms with Gasteiger partial charge in [0.2, 0.25) is 0 Å². The molecule has 32 heavy (non-hydrogen) atoms. The van der Waals surface area contributed by atoms with Gasteiger partial charge in [0.05, 0.1) is 35.3 Å². The van der Waals surface area contributed by atoms with Crippen LogP contribution >= 0.6 is 0 Å². The van der Waals surface area contributed by atoms with Crippen LogP contribution in [0.5, 0.6) is 5.75 Å². The van der Waals surface area contributed by atoms with E-state index in [1.165, 1.54) is 38.9 Å². The zero-order chi connectivity index (χ0) is 22.5. The van der Waals surface area contributed by atoms with Crippen LogP contribution < -0.4 is 9.64 Å². The lowest BCUT2D eigenvalue weighted by Crippen LogP contribution is -2.28. The molecular formula is C25H28F3N3O. The summed E-state index contributed by atoms with van der Waals surface area (Å²) in [5.74, 6) is 1.62. The molecule has 0 saturated heterocycles. The van der Waals surface area contributed by atoms with E-state index in [-0.39, 0.29) is 11.3 Å². The predicted molar refractivity (Wildman–Crippen MR) is 119 cm³/mol. The van der Waals surface area contributed by atoms with Crippen LogP contribution in [-0.2, 0) is 12.6 Å². The second-order valence-corrected chi connectivity index (χ2v) is 9.06. The van der Waals surface area contributed by atoms with Crippen LogP contribution in [0, 0.1) is 11.8 Å². The molecule has 0 N–H and O–H groups in total. The lowest BCUT2D eigenvalue weighted by molar-refractivity contribution is -0.137. The normalized spacial score (nSPS) is 16.5. The maximum Gasteiger partial charge on any atom is 0.417 e. The molecular weight excluding hydrogens is 415 g/mol. The Morgan fingerprint density at radius 1 is 1.06 bits per heavy atom. The van der Waals surface area contributed by atoms with Gasteiger partial charge in [-0.05, 0) is 74.3 Å². The van der Waals surface area contributed by atoms with Gasteiger partial charge in [-0.2, -0.15) is 18.3 Å². The van der Waals surface area contributed by atoms with Crippen molar-refractivity contribution in [1.29, 1.82) is 0 Å². The van der Waals surface area contributed by atoms with Crippen molar-refractivity contribution in [1.82, 2.24) is 9.61 Å². The first-order valence-electron chi connectivity index (χ1n) is 11.4. The Kier molecular flexibility index (Phi) is 5.30. The number of anilines is 1. The molecule has 2 heterocycles. The van der Waals surface area contributed by atoms with Crippen molar-refractivity contribution in [3.8, 4) is 17.0 Å². The number of fused-ring (bicyclic) bond motifs is 1. The van der Waals surface area contributed by atoms with Gasteiger partial charge in [0.25, 0.3) is 0 Å². The van der Waals surface area contributed by atoms with E-state index in [0.717, 1.165) is 54.3 Å². The van der Waals surface area contributed by atoms with Crippen molar-refractivity contribution < 1.29 is 17.9 Å². The number of aromatic nitrogens is 2. The number of pyridine rings is 1. The summed E-state index contributed by atoms with van der Waals surface area (Å²) in [6, 6.07) is 9.65. The van der Waals surface area contributed by atoms with E-state index in [2.05, 4.69) is 11.8 Å². The average Bonchev–Trinajstić information content (AvgIpc) is 3.71. The molecule has 170 valence electrons. The molecule has 3 aromatic rings. The lowest BCUT2D eigenvalue weighted by Gasteiger charge is -2.25. The molecule has 0 atom stereocenters. The smallest absolute Gasteiger partial charge is 0.417 e. The quantitative estimate of drug-likeness (QED) is 0.414. The predicted octanol–water partition coefficient (Wildman–Crippen LogP) is 6.22. The van der Waals surface area contributed by atoms with Gasteiger partial charge in [-0.15, -0.1) is 0 Å². The number of hydrogen-bond donors (Lipinski definition) is 0. The first kappa shape index (κ1) is 21.2. The summed E-state index contributed by atoms with van der Waals surface area (Å²) in [7, 11) is 1.37. The first-order chi connectivity index (χ1) is 15.4. The van der Waals surface area contributed by atoms with E-state index < -0.39 is 11.7 Å². The van der Waals surface area contributed by atoms with Crippen LogP contribution in [0.25, 0.3) is 16.8 Å². The summed E-state index contributed by atoms with van der Waals surface area (Å²) in [4.78, 5) is 2.46. The van der Waals surface area contributed by atoms with Crippen LogP contribution in [0.4, 0.5) is 18.9 Å². The second kappa shape index (κ2) is 8.01. The molecule has 7 heteroatoms. The van der Waals surface area contributed by atoms with E-state index in [1.54, 1.807) is 16.6 Å². The van der Waals surface area contributed by atoms with Crippen LogP contribution in [0.15, 0.2) is 36.4 Å². The average molecular weight is 444 g/mol. The van der Waals surface area contributed by atoms with Crippen LogP contribution in [0.3, 0.4) is 0 Å². The SMILES string of the molecule is CCc1nn2c(-c3ccc(OC)cc3C(F)(F)F)cccc2c1N(CC1CC1)CC1CC1. The van der Waals surface area contributed by atoms with Gasteiger partial charge in [-0.1, -0.05) is 13.0 Å². The van der Waals surface area contributed by atoms with Crippen molar-refractivity contribution in [2.75, 3.05) is 25.1 Å². The largest absolute Gasteiger partial charge is 0.497 e. The summed E-state index contributed by atoms with van der Waals surface area (Å²) in [6.07, 6.45) is 1.26. The molecule has 2 aromatic heterocycles. The Morgan fingerprint density at radius 3 is 2.31 bits per heavy atom. The van der Waals surface area contributed by atoms with E-state index in [1.807, 2.05) is 12.1 Å². The topological polar surface area (TPSA) is 29.8 Å². The van der Waals surface area contributed by atoms with Crippen LogP contribution in [0.1, 0.15) is 43.9 Å². The minimum atomic E-state index is -4.50. The highest BCUT2D eigenvalue weighted by Gasteiger charge is 2.36. The number of nitrogens with zero attached hydrogens (tertiary/aromatic N) is 3. The molecule has 2 fully saturated rings. The molecule has 2 aliphatic rings. The Bertz CT molecular complexity index is 1120. The summed E-state index contributed by atoms with van der Waals surface area (Å²) in [6.45, 7) is 4.07. The molecule has 0 amide bonds. The van der Waals surface area contributed by atoms with Crippen LogP contribution in [0.2, 0.25) is 0 Å². The number of methoxy groups -OCH3 is 1. The summed E-state index contributed by atoms with van der Waals surface area (Å²) in [5.41, 5.74) is 2.75. The molecule has 2 aliphatic carbocycles. The highest BCUT2D eigenvalue weighted by molar-refractivity contribution is 5.80. The Labute approximate surface area is 186 Å². The Morgan fingerprint density at radius 2 is 1.75 bits per heavy atom. The van der Waals surface area contributed by atoms with E-state index in [9.17, 15) is 13.2 Å². The van der Waals surface area contributed by atoms with E-state index in [0.29, 0.717) is 5.69 Å². The summed E-state index contributed by atoms with van der Waals surface area (Å²) >= 11 is 0. The van der Waals surface area contributed by atoms with Crippen molar-refractivity contribution >= 4 is 11.2 Å². The number of rotatable bonds is 8. The standard InChI is InChI=1S/C25H28F3N3O/c1-3-21-24(30(14-16-7-8-16)15-17-9-10-17)23-6-4-5-22(31(23)29-21)19-12-11-18(32-2)13-20(19)25(26,27)28/h4-6,11-13,16-17H,3,7-10,14-15H2,1-2H3. The molecule has 0 aliphatic heterocycles. The van der Waals surface area contributed by atoms with Gasteiger partial charge in [0.1, 0.15) is 5.75 Å². The zero-order valence-electron chi connectivity index (χ0n) is 18.5. The molecule has 2 saturated carbocycles. The maximum absolute atomic E-state index is 13.9. The minimum Gasteiger partial charge on any atom is -0.497 e. The number of aryl methyl sites for hydroxylation is 1. The third kappa shape index (κ3) is 4.05. The minimum absolute atomic E-state index is 0.108. The number of ether oxygens (including phenoxy) is 1. The van der Waals surface area contributed by atoms with Crippen molar-refractivity contribution in [2.45, 2.75) is 45.2 Å². The fourth-order valence-corrected chi connectivity index (χ4v) is 4.48. The molecule has 0 spiro atoms. The van der Waals surface area contributed by atoms with Gasteiger partial charge in [-0.25, -0.2) is 4.52 Å². The van der Waals surface area contributed by atoms with Crippen molar-refractivity contribution in [3.63, 3.8) is 0 Å². The third-order valence-electron chi connectivity index (χ3n) is 6.51. The number of alkyl halides is 3. The first-order valence-corrected chi connectivity index (χ1v) is 11.4. The second-order valence-electron chi connectivity index (χ2n) is 9.06. The van der Waals surface area contributed by atoms with Gasteiger partial charge in [0, 0.05) is 18.7 Å². The number of halogens is 3. The molecule has 1 aromatic carbocycles. The zero-order valence-corrected chi connectivity index (χ0v) is 18.5. The van der Waals surface area contributed by atoms with Gasteiger partial charge < -0.3 is 9.64 Å². The van der Waals surface area contributed by atoms with Crippen LogP contribution in [-0.4, -0.2) is 29.8 Å². The third-order valence-corrected chi connectivity index (χ3v) is 6.51. The molecule has 0 unspecified atom stereocenters. The maximum atomic E-state index is 13.9. The van der Waals surface area contributed by atoms with E-state index >= 15 is 0 Å². The molecule has 0 radical (unpaired) electrons. The Balaban J connectivity index is 1.67.